The van der Waals surface area contributed by atoms with Crippen molar-refractivity contribution in [3.63, 3.8) is 0 Å². The second kappa shape index (κ2) is 7.86. The Labute approximate surface area is 123 Å². The van der Waals surface area contributed by atoms with E-state index in [4.69, 9.17) is 0 Å². The van der Waals surface area contributed by atoms with Crippen LogP contribution in [0.3, 0.4) is 0 Å². The van der Waals surface area contributed by atoms with Crippen molar-refractivity contribution in [1.29, 1.82) is 0 Å². The lowest BCUT2D eigenvalue weighted by molar-refractivity contribution is 0.675. The van der Waals surface area contributed by atoms with Crippen molar-refractivity contribution in [2.24, 2.45) is 0 Å². The molecule has 0 aliphatic heterocycles. The zero-order valence-corrected chi connectivity index (χ0v) is 12.7. The van der Waals surface area contributed by atoms with Crippen molar-refractivity contribution in [3.8, 4) is 11.1 Å². The van der Waals surface area contributed by atoms with Crippen LogP contribution in [0, 0.1) is 0 Å². The highest BCUT2D eigenvalue weighted by Gasteiger charge is 2.00. The molecule has 0 saturated carbocycles. The molecule has 0 unspecified atom stereocenters. The molecule has 0 aliphatic carbocycles. The van der Waals surface area contributed by atoms with E-state index < -0.39 is 0 Å². The first kappa shape index (κ1) is 14.8. The Hall–Kier alpha value is -1.60. The molecule has 0 aliphatic rings. The third-order valence-corrected chi connectivity index (χ3v) is 3.51. The molecule has 0 spiro atoms. The molecule has 2 aromatic carbocycles. The summed E-state index contributed by atoms with van der Waals surface area (Å²) in [5.41, 5.74) is 5.40. The van der Waals surface area contributed by atoms with Gasteiger partial charge in [0.1, 0.15) is 0 Å². The maximum Gasteiger partial charge on any atom is 0.0205 e. The monoisotopic (exact) mass is 267 g/mol. The average molecular weight is 267 g/mol. The van der Waals surface area contributed by atoms with Gasteiger partial charge in [0, 0.05) is 6.54 Å². The summed E-state index contributed by atoms with van der Waals surface area (Å²) < 4.78 is 0. The van der Waals surface area contributed by atoms with Crippen LogP contribution in [0.25, 0.3) is 11.1 Å². The molecule has 1 heteroatoms. The Balaban J connectivity index is 2.09. The Morgan fingerprint density at radius 1 is 0.800 bits per heavy atom. The zero-order valence-electron chi connectivity index (χ0n) is 12.7. The number of hydrogen-bond donors (Lipinski definition) is 1. The van der Waals surface area contributed by atoms with Crippen molar-refractivity contribution >= 4 is 0 Å². The van der Waals surface area contributed by atoms with Gasteiger partial charge in [-0.25, -0.2) is 0 Å². The topological polar surface area (TPSA) is 12.0 Å². The Morgan fingerprint density at radius 2 is 1.60 bits per heavy atom. The van der Waals surface area contributed by atoms with E-state index in [9.17, 15) is 0 Å². The second-order valence-corrected chi connectivity index (χ2v) is 5.32. The summed E-state index contributed by atoms with van der Waals surface area (Å²) in [5, 5.41) is 3.46. The van der Waals surface area contributed by atoms with Gasteiger partial charge in [0.05, 0.1) is 0 Å². The van der Waals surface area contributed by atoms with Crippen LogP contribution in [0.5, 0.6) is 0 Å². The van der Waals surface area contributed by atoms with E-state index in [-0.39, 0.29) is 0 Å². The molecule has 0 fully saturated rings. The van der Waals surface area contributed by atoms with Gasteiger partial charge >= 0.3 is 0 Å². The molecule has 2 aromatic rings. The highest BCUT2D eigenvalue weighted by molar-refractivity contribution is 5.64. The zero-order chi connectivity index (χ0) is 14.2. The van der Waals surface area contributed by atoms with Crippen molar-refractivity contribution in [1.82, 2.24) is 5.32 Å². The number of aryl methyl sites for hydroxylation is 1. The Morgan fingerprint density at radius 3 is 2.30 bits per heavy atom. The van der Waals surface area contributed by atoms with Crippen LogP contribution in [0.1, 0.15) is 37.8 Å². The van der Waals surface area contributed by atoms with Crippen LogP contribution in [-0.2, 0) is 13.0 Å². The fourth-order valence-electron chi connectivity index (χ4n) is 2.42. The third-order valence-electron chi connectivity index (χ3n) is 3.51. The molecule has 1 N–H and O–H groups in total. The van der Waals surface area contributed by atoms with Crippen LogP contribution in [0.4, 0.5) is 0 Å². The summed E-state index contributed by atoms with van der Waals surface area (Å²) in [4.78, 5) is 0. The fourth-order valence-corrected chi connectivity index (χ4v) is 2.42. The van der Waals surface area contributed by atoms with E-state index in [1.54, 1.807) is 0 Å². The van der Waals surface area contributed by atoms with Gasteiger partial charge in [0.15, 0.2) is 0 Å². The molecular weight excluding hydrogens is 242 g/mol. The number of benzene rings is 2. The highest BCUT2D eigenvalue weighted by atomic mass is 14.8. The Bertz CT molecular complexity index is 514. The summed E-state index contributed by atoms with van der Waals surface area (Å²) in [6, 6.07) is 17.8. The van der Waals surface area contributed by atoms with E-state index >= 15 is 0 Å². The van der Waals surface area contributed by atoms with Gasteiger partial charge in [-0.15, -0.1) is 0 Å². The van der Waals surface area contributed by atoms with Gasteiger partial charge in [-0.2, -0.15) is 0 Å². The molecule has 0 heterocycles. The van der Waals surface area contributed by atoms with Gasteiger partial charge in [-0.05, 0) is 47.7 Å². The first-order valence-electron chi connectivity index (χ1n) is 7.72. The van der Waals surface area contributed by atoms with Crippen molar-refractivity contribution in [2.45, 2.75) is 39.7 Å². The van der Waals surface area contributed by atoms with Gasteiger partial charge in [0.2, 0.25) is 0 Å². The van der Waals surface area contributed by atoms with Crippen molar-refractivity contribution in [3.05, 3.63) is 59.7 Å². The Kier molecular flexibility index (Phi) is 5.82. The molecule has 2 rings (SSSR count). The molecule has 0 bridgehead atoms. The van der Waals surface area contributed by atoms with Crippen molar-refractivity contribution in [2.75, 3.05) is 6.54 Å². The lowest BCUT2D eigenvalue weighted by Crippen LogP contribution is -2.13. The summed E-state index contributed by atoms with van der Waals surface area (Å²) in [6.07, 6.45) is 3.55. The smallest absolute Gasteiger partial charge is 0.0205 e. The van der Waals surface area contributed by atoms with E-state index in [1.165, 1.54) is 41.5 Å². The van der Waals surface area contributed by atoms with Gasteiger partial charge in [0.25, 0.3) is 0 Å². The average Bonchev–Trinajstić information content (AvgIpc) is 2.49. The molecule has 0 aromatic heterocycles. The molecule has 20 heavy (non-hydrogen) atoms. The predicted octanol–water partition coefficient (Wildman–Crippen LogP) is 4.81. The molecule has 0 amide bonds. The molecule has 0 saturated heterocycles. The van der Waals surface area contributed by atoms with E-state index in [0.29, 0.717) is 0 Å². The quantitative estimate of drug-likeness (QED) is 0.710. The van der Waals surface area contributed by atoms with Crippen molar-refractivity contribution < 1.29 is 0 Å². The van der Waals surface area contributed by atoms with Crippen LogP contribution < -0.4 is 5.32 Å². The fraction of sp³-hybridized carbons (Fsp3) is 0.368. The number of hydrogen-bond acceptors (Lipinski definition) is 1. The minimum atomic E-state index is 0.954. The van der Waals surface area contributed by atoms with Crippen LogP contribution in [0.15, 0.2) is 48.5 Å². The maximum atomic E-state index is 3.46. The lowest BCUT2D eigenvalue weighted by Gasteiger charge is -2.07. The van der Waals surface area contributed by atoms with E-state index in [1.807, 2.05) is 0 Å². The molecule has 0 radical (unpaired) electrons. The van der Waals surface area contributed by atoms with Gasteiger partial charge in [-0.3, -0.25) is 0 Å². The van der Waals surface area contributed by atoms with Crippen LogP contribution in [0.2, 0.25) is 0 Å². The largest absolute Gasteiger partial charge is 0.313 e. The molecular formula is C19H25N. The number of rotatable bonds is 7. The molecule has 0 atom stereocenters. The lowest BCUT2D eigenvalue weighted by atomic mass is 10.0. The van der Waals surface area contributed by atoms with Gasteiger partial charge < -0.3 is 5.32 Å². The van der Waals surface area contributed by atoms with Gasteiger partial charge in [-0.1, -0.05) is 62.7 Å². The summed E-state index contributed by atoms with van der Waals surface area (Å²) in [5.74, 6) is 0. The third kappa shape index (κ3) is 4.21. The van der Waals surface area contributed by atoms with E-state index in [0.717, 1.165) is 13.1 Å². The summed E-state index contributed by atoms with van der Waals surface area (Å²) in [7, 11) is 0. The van der Waals surface area contributed by atoms with Crippen LogP contribution >= 0.6 is 0 Å². The minimum Gasteiger partial charge on any atom is -0.313 e. The molecule has 106 valence electrons. The first-order valence-corrected chi connectivity index (χ1v) is 7.72. The minimum absolute atomic E-state index is 0.954. The standard InChI is InChI=1S/C19H25N/c1-3-6-16-9-11-18(12-10-16)19-8-5-7-17(14-19)15-20-13-4-2/h5,7-12,14,20H,3-4,6,13,15H2,1-2H3. The SMILES string of the molecule is CCCNCc1cccc(-c2ccc(CCC)cc2)c1. The highest BCUT2D eigenvalue weighted by Crippen LogP contribution is 2.21. The maximum absolute atomic E-state index is 3.46. The summed E-state index contributed by atoms with van der Waals surface area (Å²) >= 11 is 0. The van der Waals surface area contributed by atoms with E-state index in [2.05, 4.69) is 67.7 Å². The normalized spacial score (nSPS) is 10.7. The first-order chi connectivity index (χ1) is 9.83. The second-order valence-electron chi connectivity index (χ2n) is 5.32. The predicted molar refractivity (Wildman–Crippen MR) is 87.9 cm³/mol. The van der Waals surface area contributed by atoms with Crippen LogP contribution in [-0.4, -0.2) is 6.54 Å². The summed E-state index contributed by atoms with van der Waals surface area (Å²) in [6.45, 7) is 6.45. The molecule has 1 nitrogen and oxygen atoms in total. The number of nitrogens with one attached hydrogen (secondary N) is 1.